The largest absolute Gasteiger partial charge is 0.350 e. The van der Waals surface area contributed by atoms with Crippen LogP contribution in [0.4, 0.5) is 0 Å². The maximum Gasteiger partial charge on any atom is 0.125 e. The normalized spacial score (nSPS) is 39.6. The molecule has 0 amide bonds. The number of hydrogen-bond acceptors (Lipinski definition) is 1. The first-order valence-electron chi connectivity index (χ1n) is 4.25. The van der Waals surface area contributed by atoms with E-state index in [1.165, 1.54) is 25.3 Å². The summed E-state index contributed by atoms with van der Waals surface area (Å²) >= 11 is 0. The molecule has 0 aromatic rings. The molecule has 1 rings (SSSR count). The Morgan fingerprint density at radius 1 is 1.30 bits per heavy atom. The first kappa shape index (κ1) is 8.28. The van der Waals surface area contributed by atoms with E-state index in [0.717, 1.165) is 0 Å². The Labute approximate surface area is 65.1 Å². The molecule has 60 valence electrons. The summed E-state index contributed by atoms with van der Waals surface area (Å²) in [5.41, 5.74) is 0. The molecule has 1 fully saturated rings. The van der Waals surface area contributed by atoms with Crippen molar-refractivity contribution < 1.29 is 0 Å². The van der Waals surface area contributed by atoms with Gasteiger partial charge in [0.1, 0.15) is 8.24 Å². The average Bonchev–Trinajstić information content (AvgIpc) is 1.77. The van der Waals surface area contributed by atoms with Crippen LogP contribution in [0, 0.1) is 0 Å². The smallest absolute Gasteiger partial charge is 0.125 e. The van der Waals surface area contributed by atoms with Crippen LogP contribution in [0.5, 0.6) is 0 Å². The number of nitrogens with two attached hydrogens (primary N) is 1. The van der Waals surface area contributed by atoms with Crippen molar-refractivity contribution in [2.45, 2.75) is 50.7 Å². The molecule has 10 heavy (non-hydrogen) atoms. The van der Waals surface area contributed by atoms with E-state index < -0.39 is 8.24 Å². The number of rotatable bonds is 0. The molecule has 0 radical (unpaired) electrons. The molecule has 1 heterocycles. The predicted molar refractivity (Wildman–Crippen MR) is 48.5 cm³/mol. The fraction of sp³-hybridized carbons (Fsp3) is 1.00. The SMILES string of the molecule is CC1(C)CCCC[Si]1(C)N. The third kappa shape index (κ3) is 1.27. The molecule has 1 aliphatic heterocycles. The van der Waals surface area contributed by atoms with E-state index in [4.69, 9.17) is 5.40 Å². The van der Waals surface area contributed by atoms with Crippen LogP contribution in [0.15, 0.2) is 0 Å². The van der Waals surface area contributed by atoms with E-state index in [1.807, 2.05) is 0 Å². The van der Waals surface area contributed by atoms with Gasteiger partial charge in [-0.2, -0.15) is 0 Å². The zero-order chi connectivity index (χ0) is 7.83. The van der Waals surface area contributed by atoms with Gasteiger partial charge in [-0.05, 0) is 17.5 Å². The van der Waals surface area contributed by atoms with Gasteiger partial charge in [0.15, 0.2) is 0 Å². The van der Waals surface area contributed by atoms with Gasteiger partial charge in [-0.15, -0.1) is 0 Å². The molecule has 0 aromatic carbocycles. The molecule has 0 aliphatic carbocycles. The van der Waals surface area contributed by atoms with Crippen LogP contribution in [0.25, 0.3) is 0 Å². The topological polar surface area (TPSA) is 26.0 Å². The van der Waals surface area contributed by atoms with Gasteiger partial charge in [0.25, 0.3) is 0 Å². The molecule has 2 heteroatoms. The Kier molecular flexibility index (Phi) is 1.94. The molecule has 1 aliphatic rings. The van der Waals surface area contributed by atoms with Crippen LogP contribution in [-0.2, 0) is 0 Å². The van der Waals surface area contributed by atoms with Crippen LogP contribution < -0.4 is 5.40 Å². The molecular formula is C8H19NSi. The van der Waals surface area contributed by atoms with Gasteiger partial charge in [-0.1, -0.05) is 33.2 Å². The van der Waals surface area contributed by atoms with Gasteiger partial charge >= 0.3 is 0 Å². The standard InChI is InChI=1S/C8H19NSi/c1-8(2)6-4-5-7-10(8,3)9/h4-7,9H2,1-3H3. The highest BCUT2D eigenvalue weighted by Gasteiger charge is 2.41. The summed E-state index contributed by atoms with van der Waals surface area (Å²) in [6.07, 6.45) is 4.13. The predicted octanol–water partition coefficient (Wildman–Crippen LogP) is 2.48. The van der Waals surface area contributed by atoms with Crippen molar-refractivity contribution in [2.75, 3.05) is 0 Å². The third-order valence-electron chi connectivity index (χ3n) is 3.29. The van der Waals surface area contributed by atoms with Crippen molar-refractivity contribution in [3.8, 4) is 0 Å². The fourth-order valence-corrected chi connectivity index (χ4v) is 4.09. The zero-order valence-electron chi connectivity index (χ0n) is 7.41. The van der Waals surface area contributed by atoms with E-state index in [-0.39, 0.29) is 0 Å². The summed E-state index contributed by atoms with van der Waals surface area (Å²) in [6.45, 7) is 7.02. The van der Waals surface area contributed by atoms with Gasteiger partial charge in [0.2, 0.25) is 0 Å². The third-order valence-corrected chi connectivity index (χ3v) is 8.03. The monoisotopic (exact) mass is 157 g/mol. The van der Waals surface area contributed by atoms with E-state index in [9.17, 15) is 0 Å². The highest BCUT2D eigenvalue weighted by molar-refractivity contribution is 6.78. The summed E-state index contributed by atoms with van der Waals surface area (Å²) in [5.74, 6) is 0. The molecular weight excluding hydrogens is 138 g/mol. The lowest BCUT2D eigenvalue weighted by Crippen LogP contribution is -2.53. The Morgan fingerprint density at radius 3 is 2.20 bits per heavy atom. The van der Waals surface area contributed by atoms with Crippen LogP contribution in [0.1, 0.15) is 33.1 Å². The lowest BCUT2D eigenvalue weighted by Gasteiger charge is -2.43. The zero-order valence-corrected chi connectivity index (χ0v) is 8.41. The maximum atomic E-state index is 6.29. The van der Waals surface area contributed by atoms with Crippen molar-refractivity contribution in [1.29, 1.82) is 0 Å². The Bertz CT molecular complexity index is 113. The minimum atomic E-state index is -1.32. The second-order valence-corrected chi connectivity index (χ2v) is 9.20. The molecule has 2 N–H and O–H groups in total. The average molecular weight is 157 g/mol. The highest BCUT2D eigenvalue weighted by Crippen LogP contribution is 2.45. The van der Waals surface area contributed by atoms with Crippen LogP contribution in [0.3, 0.4) is 0 Å². The molecule has 0 bridgehead atoms. The van der Waals surface area contributed by atoms with Crippen LogP contribution in [-0.4, -0.2) is 8.24 Å². The Balaban J connectivity index is 2.70. The van der Waals surface area contributed by atoms with Gasteiger partial charge in [0.05, 0.1) is 0 Å². The minimum Gasteiger partial charge on any atom is -0.350 e. The van der Waals surface area contributed by atoms with Gasteiger partial charge in [-0.3, -0.25) is 0 Å². The van der Waals surface area contributed by atoms with Crippen molar-refractivity contribution in [3.63, 3.8) is 0 Å². The summed E-state index contributed by atoms with van der Waals surface area (Å²) in [6, 6.07) is 1.33. The molecule has 1 atom stereocenters. The maximum absolute atomic E-state index is 6.29. The number of hydrogen-bond donors (Lipinski definition) is 1. The quantitative estimate of drug-likeness (QED) is 0.537. The molecule has 1 nitrogen and oxygen atoms in total. The van der Waals surface area contributed by atoms with Gasteiger partial charge in [0, 0.05) is 0 Å². The van der Waals surface area contributed by atoms with Crippen molar-refractivity contribution >= 4 is 8.24 Å². The highest BCUT2D eigenvalue weighted by atomic mass is 28.3. The molecule has 0 aromatic heterocycles. The fourth-order valence-electron chi connectivity index (χ4n) is 1.68. The van der Waals surface area contributed by atoms with E-state index in [0.29, 0.717) is 5.04 Å². The lowest BCUT2D eigenvalue weighted by atomic mass is 10.1. The first-order valence-corrected chi connectivity index (χ1v) is 7.03. The second kappa shape index (κ2) is 2.34. The van der Waals surface area contributed by atoms with E-state index in [1.54, 1.807) is 0 Å². The summed E-state index contributed by atoms with van der Waals surface area (Å²) in [5, 5.41) is 6.79. The van der Waals surface area contributed by atoms with Crippen molar-refractivity contribution in [3.05, 3.63) is 0 Å². The Morgan fingerprint density at radius 2 is 1.90 bits per heavy atom. The molecule has 1 unspecified atom stereocenters. The minimum absolute atomic E-state index is 0.491. The van der Waals surface area contributed by atoms with Crippen LogP contribution >= 0.6 is 0 Å². The van der Waals surface area contributed by atoms with Crippen molar-refractivity contribution in [2.24, 2.45) is 5.40 Å². The van der Waals surface area contributed by atoms with Crippen LogP contribution in [0.2, 0.25) is 17.6 Å². The molecule has 0 spiro atoms. The van der Waals surface area contributed by atoms with E-state index >= 15 is 0 Å². The summed E-state index contributed by atoms with van der Waals surface area (Å²) in [4.78, 5) is 0. The molecule has 1 saturated heterocycles. The molecule has 0 saturated carbocycles. The van der Waals surface area contributed by atoms with E-state index in [2.05, 4.69) is 20.4 Å². The first-order chi connectivity index (χ1) is 4.46. The van der Waals surface area contributed by atoms with Crippen molar-refractivity contribution in [1.82, 2.24) is 0 Å². The Hall–Kier alpha value is 0.177. The van der Waals surface area contributed by atoms with Gasteiger partial charge < -0.3 is 5.40 Å². The second-order valence-electron chi connectivity index (χ2n) is 4.51. The summed E-state index contributed by atoms with van der Waals surface area (Å²) < 4.78 is 0. The van der Waals surface area contributed by atoms with Gasteiger partial charge in [-0.25, -0.2) is 0 Å². The summed E-state index contributed by atoms with van der Waals surface area (Å²) in [7, 11) is -1.32. The lowest BCUT2D eigenvalue weighted by molar-refractivity contribution is 0.506.